The van der Waals surface area contributed by atoms with Crippen molar-refractivity contribution in [2.75, 3.05) is 20.2 Å². The molecular formula is C13H30N2O. The summed E-state index contributed by atoms with van der Waals surface area (Å²) in [7, 11) is 2.13. The van der Waals surface area contributed by atoms with Crippen molar-refractivity contribution in [2.45, 2.75) is 59.7 Å². The van der Waals surface area contributed by atoms with E-state index in [1.807, 2.05) is 0 Å². The molecule has 98 valence electrons. The minimum atomic E-state index is 0.170. The molecule has 2 atom stereocenters. The molecule has 0 saturated heterocycles. The van der Waals surface area contributed by atoms with Gasteiger partial charge in [-0.3, -0.25) is 4.90 Å². The molecule has 2 unspecified atom stereocenters. The van der Waals surface area contributed by atoms with Crippen molar-refractivity contribution in [2.24, 2.45) is 11.1 Å². The number of likely N-dealkylation sites (N-methyl/N-ethyl adjacent to an activating group) is 1. The van der Waals surface area contributed by atoms with E-state index < -0.39 is 0 Å². The first-order chi connectivity index (χ1) is 7.16. The van der Waals surface area contributed by atoms with Crippen LogP contribution in [0.25, 0.3) is 0 Å². The Morgan fingerprint density at radius 2 is 1.69 bits per heavy atom. The van der Waals surface area contributed by atoms with Gasteiger partial charge in [0, 0.05) is 18.6 Å². The van der Waals surface area contributed by atoms with Gasteiger partial charge in [0.05, 0.1) is 12.7 Å². The van der Waals surface area contributed by atoms with E-state index >= 15 is 0 Å². The largest absolute Gasteiger partial charge is 0.377 e. The molecule has 0 aromatic heterocycles. The number of hydrogen-bond acceptors (Lipinski definition) is 3. The van der Waals surface area contributed by atoms with Crippen molar-refractivity contribution in [3.8, 4) is 0 Å². The Balaban J connectivity index is 4.24. The van der Waals surface area contributed by atoms with Crippen LogP contribution in [0.1, 0.15) is 41.5 Å². The minimum Gasteiger partial charge on any atom is -0.377 e. The van der Waals surface area contributed by atoms with E-state index in [0.29, 0.717) is 12.1 Å². The fraction of sp³-hybridized carbons (Fsp3) is 1.00. The van der Waals surface area contributed by atoms with Crippen molar-refractivity contribution >= 4 is 0 Å². The zero-order chi connectivity index (χ0) is 12.9. The molecule has 0 bridgehead atoms. The fourth-order valence-corrected chi connectivity index (χ4v) is 2.42. The van der Waals surface area contributed by atoms with Gasteiger partial charge >= 0.3 is 0 Å². The maximum atomic E-state index is 6.07. The number of hydrogen-bond donors (Lipinski definition) is 1. The Bertz CT molecular complexity index is 185. The molecule has 0 aromatic carbocycles. The molecule has 2 N–H and O–H groups in total. The third-order valence-electron chi connectivity index (χ3n) is 2.76. The van der Waals surface area contributed by atoms with E-state index in [0.717, 1.165) is 13.2 Å². The molecular weight excluding hydrogens is 200 g/mol. The van der Waals surface area contributed by atoms with Crippen molar-refractivity contribution in [3.63, 3.8) is 0 Å². The van der Waals surface area contributed by atoms with Crippen LogP contribution in [0.2, 0.25) is 0 Å². The van der Waals surface area contributed by atoms with Gasteiger partial charge in [0.2, 0.25) is 0 Å². The lowest BCUT2D eigenvalue weighted by Crippen LogP contribution is -2.52. The number of ether oxygens (including phenoxy) is 1. The summed E-state index contributed by atoms with van der Waals surface area (Å²) in [5.41, 5.74) is 6.27. The summed E-state index contributed by atoms with van der Waals surface area (Å²) in [6, 6.07) is 0.548. The Kier molecular flexibility index (Phi) is 6.53. The lowest BCUT2D eigenvalue weighted by atomic mass is 9.82. The molecule has 0 saturated carbocycles. The molecule has 0 fully saturated rings. The van der Waals surface area contributed by atoms with Crippen LogP contribution in [0.3, 0.4) is 0 Å². The van der Waals surface area contributed by atoms with Gasteiger partial charge in [-0.15, -0.1) is 0 Å². The highest BCUT2D eigenvalue weighted by atomic mass is 16.5. The molecule has 0 aromatic rings. The Morgan fingerprint density at radius 1 is 1.19 bits per heavy atom. The Labute approximate surface area is 101 Å². The summed E-state index contributed by atoms with van der Waals surface area (Å²) in [4.78, 5) is 2.31. The van der Waals surface area contributed by atoms with Crippen molar-refractivity contribution < 1.29 is 4.74 Å². The number of rotatable bonds is 6. The van der Waals surface area contributed by atoms with E-state index in [9.17, 15) is 0 Å². The van der Waals surface area contributed by atoms with E-state index in [1.165, 1.54) is 0 Å². The van der Waals surface area contributed by atoms with E-state index in [2.05, 4.69) is 53.5 Å². The van der Waals surface area contributed by atoms with Gasteiger partial charge in [0.25, 0.3) is 0 Å². The van der Waals surface area contributed by atoms with Crippen molar-refractivity contribution in [3.05, 3.63) is 0 Å². The quantitative estimate of drug-likeness (QED) is 0.759. The van der Waals surface area contributed by atoms with Gasteiger partial charge in [0.15, 0.2) is 0 Å². The molecule has 3 nitrogen and oxygen atoms in total. The van der Waals surface area contributed by atoms with Crippen molar-refractivity contribution in [1.82, 2.24) is 4.90 Å². The molecule has 0 radical (unpaired) electrons. The summed E-state index contributed by atoms with van der Waals surface area (Å²) >= 11 is 0. The second kappa shape index (κ2) is 6.58. The molecule has 0 aliphatic heterocycles. The molecule has 16 heavy (non-hydrogen) atoms. The van der Waals surface area contributed by atoms with Crippen LogP contribution in [-0.4, -0.2) is 43.3 Å². The zero-order valence-electron chi connectivity index (χ0n) is 12.1. The second-order valence-electron chi connectivity index (χ2n) is 6.07. The normalized spacial score (nSPS) is 16.9. The summed E-state index contributed by atoms with van der Waals surface area (Å²) in [6.07, 6.45) is 0.303. The van der Waals surface area contributed by atoms with Crippen LogP contribution in [-0.2, 0) is 4.74 Å². The third kappa shape index (κ3) is 5.83. The zero-order valence-corrected chi connectivity index (χ0v) is 12.1. The second-order valence-corrected chi connectivity index (χ2v) is 6.07. The summed E-state index contributed by atoms with van der Waals surface area (Å²) < 4.78 is 5.57. The maximum absolute atomic E-state index is 6.07. The Hall–Kier alpha value is -0.120. The highest BCUT2D eigenvalue weighted by molar-refractivity contribution is 4.87. The van der Waals surface area contributed by atoms with Crippen LogP contribution in [0, 0.1) is 5.41 Å². The van der Waals surface area contributed by atoms with E-state index in [4.69, 9.17) is 10.5 Å². The SMILES string of the molecule is CC(C)OCCN(C)C(C(C)N)C(C)(C)C. The van der Waals surface area contributed by atoms with Crippen LogP contribution in [0.5, 0.6) is 0 Å². The average Bonchev–Trinajstić information content (AvgIpc) is 1.98. The fourth-order valence-electron chi connectivity index (χ4n) is 2.42. The van der Waals surface area contributed by atoms with Crippen LogP contribution in [0.4, 0.5) is 0 Å². The van der Waals surface area contributed by atoms with Crippen LogP contribution < -0.4 is 5.73 Å². The number of nitrogens with zero attached hydrogens (tertiary/aromatic N) is 1. The minimum absolute atomic E-state index is 0.170. The van der Waals surface area contributed by atoms with Gasteiger partial charge in [-0.2, -0.15) is 0 Å². The van der Waals surface area contributed by atoms with Gasteiger partial charge in [-0.25, -0.2) is 0 Å². The predicted octanol–water partition coefficient (Wildman–Crippen LogP) is 2.11. The first-order valence-corrected chi connectivity index (χ1v) is 6.23. The first kappa shape index (κ1) is 15.9. The van der Waals surface area contributed by atoms with Crippen LogP contribution in [0.15, 0.2) is 0 Å². The van der Waals surface area contributed by atoms with Gasteiger partial charge in [-0.1, -0.05) is 20.8 Å². The topological polar surface area (TPSA) is 38.5 Å². The van der Waals surface area contributed by atoms with Crippen molar-refractivity contribution in [1.29, 1.82) is 0 Å². The highest BCUT2D eigenvalue weighted by Crippen LogP contribution is 2.25. The van der Waals surface area contributed by atoms with Crippen LogP contribution >= 0.6 is 0 Å². The Morgan fingerprint density at radius 3 is 2.00 bits per heavy atom. The molecule has 0 heterocycles. The van der Waals surface area contributed by atoms with Gasteiger partial charge < -0.3 is 10.5 Å². The number of nitrogens with two attached hydrogens (primary N) is 1. The monoisotopic (exact) mass is 230 g/mol. The third-order valence-corrected chi connectivity index (χ3v) is 2.76. The molecule has 0 aliphatic carbocycles. The summed E-state index contributed by atoms with van der Waals surface area (Å²) in [5.74, 6) is 0. The molecule has 0 spiro atoms. The summed E-state index contributed by atoms with van der Waals surface area (Å²) in [6.45, 7) is 14.6. The molecule has 3 heteroatoms. The molecule has 0 rings (SSSR count). The van der Waals surface area contributed by atoms with E-state index in [-0.39, 0.29) is 11.5 Å². The lowest BCUT2D eigenvalue weighted by molar-refractivity contribution is 0.0343. The van der Waals surface area contributed by atoms with E-state index in [1.54, 1.807) is 0 Å². The van der Waals surface area contributed by atoms with Gasteiger partial charge in [-0.05, 0) is 33.2 Å². The molecule has 0 amide bonds. The smallest absolute Gasteiger partial charge is 0.0596 e. The average molecular weight is 230 g/mol. The first-order valence-electron chi connectivity index (χ1n) is 6.23. The standard InChI is InChI=1S/C13H30N2O/c1-10(2)16-9-8-15(7)12(11(3)14)13(4,5)6/h10-12H,8-9,14H2,1-7H3. The van der Waals surface area contributed by atoms with Gasteiger partial charge in [0.1, 0.15) is 0 Å². The highest BCUT2D eigenvalue weighted by Gasteiger charge is 2.31. The lowest BCUT2D eigenvalue weighted by Gasteiger charge is -2.40. The molecule has 0 aliphatic rings. The predicted molar refractivity (Wildman–Crippen MR) is 70.6 cm³/mol. The summed E-state index contributed by atoms with van der Waals surface area (Å²) in [5, 5.41) is 0. The maximum Gasteiger partial charge on any atom is 0.0596 e.